The summed E-state index contributed by atoms with van der Waals surface area (Å²) in [6.45, 7) is 2.18. The van der Waals surface area contributed by atoms with E-state index in [9.17, 15) is 4.39 Å². The van der Waals surface area contributed by atoms with Crippen molar-refractivity contribution in [3.05, 3.63) is 34.4 Å². The van der Waals surface area contributed by atoms with E-state index in [0.717, 1.165) is 31.5 Å². The Labute approximate surface area is 124 Å². The van der Waals surface area contributed by atoms with Gasteiger partial charge in [0.25, 0.3) is 0 Å². The molecule has 0 saturated carbocycles. The molecule has 3 rings (SSSR count). The van der Waals surface area contributed by atoms with Gasteiger partial charge in [0.2, 0.25) is 11.7 Å². The first-order valence-corrected chi connectivity index (χ1v) is 7.50. The molecule has 0 amide bonds. The van der Waals surface area contributed by atoms with Crippen molar-refractivity contribution in [2.45, 2.75) is 19.3 Å². The average Bonchev–Trinajstić information content (AvgIpc) is 3.10. The van der Waals surface area contributed by atoms with Crippen LogP contribution < -0.4 is 5.32 Å². The summed E-state index contributed by atoms with van der Waals surface area (Å²) in [5.74, 6) is 1.55. The van der Waals surface area contributed by atoms with Crippen LogP contribution in [0.25, 0.3) is 11.4 Å². The Morgan fingerprint density at radius 2 is 2.35 bits per heavy atom. The summed E-state index contributed by atoms with van der Waals surface area (Å²) in [4.78, 5) is 4.37. The Hall–Kier alpha value is -1.27. The zero-order chi connectivity index (χ0) is 13.9. The lowest BCUT2D eigenvalue weighted by Crippen LogP contribution is -2.09. The molecule has 4 nitrogen and oxygen atoms in total. The summed E-state index contributed by atoms with van der Waals surface area (Å²) in [5.41, 5.74) is 0.746. The highest BCUT2D eigenvalue weighted by Crippen LogP contribution is 2.24. The first-order chi connectivity index (χ1) is 9.72. The van der Waals surface area contributed by atoms with E-state index in [1.807, 2.05) is 0 Å². The van der Waals surface area contributed by atoms with Crippen molar-refractivity contribution in [2.75, 3.05) is 13.1 Å². The molecule has 106 valence electrons. The van der Waals surface area contributed by atoms with Gasteiger partial charge in [0.1, 0.15) is 5.82 Å². The Morgan fingerprint density at radius 3 is 3.10 bits per heavy atom. The fraction of sp³-hybridized carbons (Fsp3) is 0.429. The van der Waals surface area contributed by atoms with Crippen molar-refractivity contribution in [1.82, 2.24) is 15.5 Å². The van der Waals surface area contributed by atoms with Crippen molar-refractivity contribution >= 4 is 15.9 Å². The predicted molar refractivity (Wildman–Crippen MR) is 76.7 cm³/mol. The third-order valence-corrected chi connectivity index (χ3v) is 4.18. The molecule has 0 bridgehead atoms. The lowest BCUT2D eigenvalue weighted by atomic mass is 10.0. The van der Waals surface area contributed by atoms with E-state index >= 15 is 0 Å². The van der Waals surface area contributed by atoms with E-state index in [0.29, 0.717) is 22.1 Å². The van der Waals surface area contributed by atoms with Gasteiger partial charge in [-0.3, -0.25) is 0 Å². The van der Waals surface area contributed by atoms with Crippen LogP contribution >= 0.6 is 15.9 Å². The molecule has 0 radical (unpaired) electrons. The van der Waals surface area contributed by atoms with Gasteiger partial charge >= 0.3 is 0 Å². The molecule has 6 heteroatoms. The molecule has 1 aromatic heterocycles. The monoisotopic (exact) mass is 339 g/mol. The van der Waals surface area contributed by atoms with Crippen LogP contribution in [0.1, 0.15) is 18.7 Å². The molecule has 1 unspecified atom stereocenters. The molecule has 1 aliphatic rings. The first-order valence-electron chi connectivity index (χ1n) is 6.71. The minimum absolute atomic E-state index is 0.300. The van der Waals surface area contributed by atoms with Gasteiger partial charge in [-0.2, -0.15) is 4.98 Å². The molecule has 1 saturated heterocycles. The van der Waals surface area contributed by atoms with Crippen LogP contribution in [0.15, 0.2) is 27.2 Å². The average molecular weight is 340 g/mol. The summed E-state index contributed by atoms with van der Waals surface area (Å²) in [6, 6.07) is 4.69. The van der Waals surface area contributed by atoms with E-state index < -0.39 is 0 Å². The molecule has 1 atom stereocenters. The van der Waals surface area contributed by atoms with Gasteiger partial charge in [0.05, 0.1) is 4.47 Å². The Bertz CT molecular complexity index is 596. The summed E-state index contributed by atoms with van der Waals surface area (Å²) in [5, 5.41) is 7.30. The zero-order valence-electron chi connectivity index (χ0n) is 10.9. The number of aryl methyl sites for hydroxylation is 1. The lowest BCUT2D eigenvalue weighted by Gasteiger charge is -2.03. The largest absolute Gasteiger partial charge is 0.339 e. The van der Waals surface area contributed by atoms with Gasteiger partial charge in [-0.25, -0.2) is 4.39 Å². The molecule has 0 aliphatic carbocycles. The number of halogens is 2. The smallest absolute Gasteiger partial charge is 0.226 e. The Morgan fingerprint density at radius 1 is 1.45 bits per heavy atom. The fourth-order valence-corrected chi connectivity index (χ4v) is 2.78. The van der Waals surface area contributed by atoms with Crippen LogP contribution in [-0.4, -0.2) is 23.2 Å². The molecule has 20 heavy (non-hydrogen) atoms. The van der Waals surface area contributed by atoms with E-state index in [1.54, 1.807) is 12.1 Å². The van der Waals surface area contributed by atoms with Crippen LogP contribution in [0.5, 0.6) is 0 Å². The normalized spacial score (nSPS) is 18.6. The summed E-state index contributed by atoms with van der Waals surface area (Å²) in [6.07, 6.45) is 3.06. The summed E-state index contributed by atoms with van der Waals surface area (Å²) in [7, 11) is 0. The minimum atomic E-state index is -0.300. The molecule has 1 aromatic carbocycles. The molecule has 2 aromatic rings. The summed E-state index contributed by atoms with van der Waals surface area (Å²) < 4.78 is 18.9. The standard InChI is InChI=1S/C14H15BrFN3O/c15-11-7-10(2-3-12(11)16)14-18-13(20-19-14)4-1-9-5-6-17-8-9/h2-3,7,9,17H,1,4-6,8H2. The maximum Gasteiger partial charge on any atom is 0.226 e. The quantitative estimate of drug-likeness (QED) is 0.929. The SMILES string of the molecule is Fc1ccc(-c2noc(CCC3CCNC3)n2)cc1Br. The maximum absolute atomic E-state index is 13.2. The number of nitrogens with zero attached hydrogens (tertiary/aromatic N) is 2. The van der Waals surface area contributed by atoms with Crippen molar-refractivity contribution in [3.8, 4) is 11.4 Å². The van der Waals surface area contributed by atoms with Gasteiger partial charge in [0, 0.05) is 12.0 Å². The Kier molecular flexibility index (Phi) is 4.12. The number of hydrogen-bond donors (Lipinski definition) is 1. The van der Waals surface area contributed by atoms with Crippen LogP contribution in [-0.2, 0) is 6.42 Å². The highest BCUT2D eigenvalue weighted by Gasteiger charge is 2.16. The second-order valence-electron chi connectivity index (χ2n) is 5.04. The summed E-state index contributed by atoms with van der Waals surface area (Å²) >= 11 is 3.16. The van der Waals surface area contributed by atoms with Crippen molar-refractivity contribution in [2.24, 2.45) is 5.92 Å². The van der Waals surface area contributed by atoms with E-state index in [-0.39, 0.29) is 5.82 Å². The molecular weight excluding hydrogens is 325 g/mol. The first kappa shape index (κ1) is 13.7. The van der Waals surface area contributed by atoms with E-state index in [4.69, 9.17) is 4.52 Å². The van der Waals surface area contributed by atoms with Gasteiger partial charge in [0.15, 0.2) is 0 Å². The number of rotatable bonds is 4. The van der Waals surface area contributed by atoms with Gasteiger partial charge in [-0.1, -0.05) is 5.16 Å². The fourth-order valence-electron chi connectivity index (χ4n) is 2.40. The van der Waals surface area contributed by atoms with Crippen LogP contribution in [0.2, 0.25) is 0 Å². The second-order valence-corrected chi connectivity index (χ2v) is 5.89. The predicted octanol–water partition coefficient (Wildman–Crippen LogP) is 3.18. The van der Waals surface area contributed by atoms with E-state index in [1.165, 1.54) is 12.5 Å². The molecule has 1 aliphatic heterocycles. The van der Waals surface area contributed by atoms with Crippen LogP contribution in [0.3, 0.4) is 0 Å². The van der Waals surface area contributed by atoms with Gasteiger partial charge < -0.3 is 9.84 Å². The topological polar surface area (TPSA) is 51.0 Å². The number of hydrogen-bond acceptors (Lipinski definition) is 4. The number of benzene rings is 1. The van der Waals surface area contributed by atoms with E-state index in [2.05, 4.69) is 31.4 Å². The number of nitrogens with one attached hydrogen (secondary N) is 1. The van der Waals surface area contributed by atoms with Crippen LogP contribution in [0.4, 0.5) is 4.39 Å². The molecule has 0 spiro atoms. The van der Waals surface area contributed by atoms with Crippen molar-refractivity contribution in [3.63, 3.8) is 0 Å². The third-order valence-electron chi connectivity index (χ3n) is 3.57. The molecule has 1 N–H and O–H groups in total. The highest BCUT2D eigenvalue weighted by atomic mass is 79.9. The molecule has 2 heterocycles. The second kappa shape index (κ2) is 6.01. The maximum atomic E-state index is 13.2. The lowest BCUT2D eigenvalue weighted by molar-refractivity contribution is 0.365. The molecular formula is C14H15BrFN3O. The van der Waals surface area contributed by atoms with Gasteiger partial charge in [-0.05, 0) is 66.0 Å². The van der Waals surface area contributed by atoms with Crippen molar-refractivity contribution < 1.29 is 8.91 Å². The third kappa shape index (κ3) is 3.07. The highest BCUT2D eigenvalue weighted by molar-refractivity contribution is 9.10. The number of aromatic nitrogens is 2. The van der Waals surface area contributed by atoms with Crippen molar-refractivity contribution in [1.29, 1.82) is 0 Å². The van der Waals surface area contributed by atoms with Gasteiger partial charge in [-0.15, -0.1) is 0 Å². The Balaban J connectivity index is 1.67. The minimum Gasteiger partial charge on any atom is -0.339 e. The zero-order valence-corrected chi connectivity index (χ0v) is 12.5. The van der Waals surface area contributed by atoms with Crippen LogP contribution in [0, 0.1) is 11.7 Å². The molecule has 1 fully saturated rings.